The summed E-state index contributed by atoms with van der Waals surface area (Å²) in [5, 5.41) is 0.896. The van der Waals surface area contributed by atoms with Crippen molar-refractivity contribution in [2.24, 2.45) is 0 Å². The molecule has 0 unspecified atom stereocenters. The van der Waals surface area contributed by atoms with Gasteiger partial charge in [0.2, 0.25) is 0 Å². The smallest absolute Gasteiger partial charge is 0.144 e. The van der Waals surface area contributed by atoms with Crippen molar-refractivity contribution in [2.75, 3.05) is 0 Å². The van der Waals surface area contributed by atoms with Crippen molar-refractivity contribution in [3.63, 3.8) is 0 Å². The van der Waals surface area contributed by atoms with Crippen molar-refractivity contribution in [1.82, 2.24) is 4.98 Å². The first-order chi connectivity index (χ1) is 5.15. The summed E-state index contributed by atoms with van der Waals surface area (Å²) in [6, 6.07) is 1.89. The van der Waals surface area contributed by atoms with E-state index in [0.29, 0.717) is 10.3 Å². The number of hydrogen-bond acceptors (Lipinski definition) is 1. The second kappa shape index (κ2) is 3.74. The number of pyridine rings is 1. The zero-order valence-corrected chi connectivity index (χ0v) is 8.96. The number of rotatable bonds is 1. The number of halogens is 3. The van der Waals surface area contributed by atoms with E-state index in [1.165, 1.54) is 0 Å². The van der Waals surface area contributed by atoms with Crippen LogP contribution in [0.5, 0.6) is 0 Å². The Morgan fingerprint density at radius 2 is 2.09 bits per heavy atom. The molecule has 11 heavy (non-hydrogen) atoms. The van der Waals surface area contributed by atoms with Gasteiger partial charge in [0.25, 0.3) is 0 Å². The maximum absolute atomic E-state index is 5.79. The van der Waals surface area contributed by atoms with E-state index in [-0.39, 0.29) is 0 Å². The highest BCUT2D eigenvalue weighted by atomic mass is 79.9. The Hall–Kier alpha value is 0.210. The van der Waals surface area contributed by atoms with Crippen molar-refractivity contribution in [2.45, 2.75) is 13.3 Å². The van der Waals surface area contributed by atoms with E-state index in [1.54, 1.807) is 0 Å². The summed E-state index contributed by atoms with van der Waals surface area (Å²) in [6.45, 7) is 2.02. The number of aromatic nitrogens is 1. The highest BCUT2D eigenvalue weighted by Gasteiger charge is 2.04. The average molecular weight is 255 g/mol. The van der Waals surface area contributed by atoms with Crippen LogP contribution in [0.15, 0.2) is 10.5 Å². The van der Waals surface area contributed by atoms with Gasteiger partial charge in [-0.2, -0.15) is 0 Å². The molecule has 0 bridgehead atoms. The fourth-order valence-corrected chi connectivity index (χ4v) is 1.55. The number of aryl methyl sites for hydroxylation is 1. The summed E-state index contributed by atoms with van der Waals surface area (Å²) in [5.74, 6) is 0. The molecule has 0 saturated heterocycles. The van der Waals surface area contributed by atoms with Crippen LogP contribution in [0.4, 0.5) is 0 Å². The fourth-order valence-electron chi connectivity index (χ4n) is 0.731. The van der Waals surface area contributed by atoms with Crippen LogP contribution in [0.3, 0.4) is 0 Å². The van der Waals surface area contributed by atoms with E-state index in [2.05, 4.69) is 20.9 Å². The predicted molar refractivity (Wildman–Crippen MR) is 51.3 cm³/mol. The molecule has 0 spiro atoms. The average Bonchev–Trinajstić information content (AvgIpc) is 1.97. The summed E-state index contributed by atoms with van der Waals surface area (Å²) in [7, 11) is 0. The van der Waals surface area contributed by atoms with Crippen LogP contribution in [0.1, 0.15) is 12.5 Å². The van der Waals surface area contributed by atoms with Crippen LogP contribution in [0.25, 0.3) is 0 Å². The molecule has 0 aliphatic rings. The first-order valence-electron chi connectivity index (χ1n) is 3.15. The summed E-state index contributed by atoms with van der Waals surface area (Å²) in [5.41, 5.74) is 1.00. The Bertz CT molecular complexity index is 275. The van der Waals surface area contributed by atoms with Gasteiger partial charge in [0, 0.05) is 0 Å². The summed E-state index contributed by atoms with van der Waals surface area (Å²) < 4.78 is 0.792. The lowest BCUT2D eigenvalue weighted by atomic mass is 10.2. The molecule has 0 aromatic carbocycles. The molecule has 4 heteroatoms. The molecule has 0 aliphatic carbocycles. The van der Waals surface area contributed by atoms with Gasteiger partial charge in [0.1, 0.15) is 10.3 Å². The third-order valence-corrected chi connectivity index (χ3v) is 2.79. The molecule has 1 nitrogen and oxygen atoms in total. The SMILES string of the molecule is CCc1cc(Br)c(Cl)nc1Cl. The lowest BCUT2D eigenvalue weighted by molar-refractivity contribution is 1.10. The van der Waals surface area contributed by atoms with Crippen molar-refractivity contribution in [1.29, 1.82) is 0 Å². The minimum absolute atomic E-state index is 0.409. The fraction of sp³-hybridized carbons (Fsp3) is 0.286. The largest absolute Gasteiger partial charge is 0.223 e. The topological polar surface area (TPSA) is 12.9 Å². The van der Waals surface area contributed by atoms with Gasteiger partial charge in [0.15, 0.2) is 0 Å². The molecule has 0 saturated carbocycles. The quantitative estimate of drug-likeness (QED) is 0.697. The summed E-state index contributed by atoms with van der Waals surface area (Å²) in [6.07, 6.45) is 0.863. The Labute approximate surface area is 83.9 Å². The number of hydrogen-bond donors (Lipinski definition) is 0. The van der Waals surface area contributed by atoms with Crippen molar-refractivity contribution in [3.05, 3.63) is 26.4 Å². The van der Waals surface area contributed by atoms with Crippen molar-refractivity contribution < 1.29 is 0 Å². The molecule has 60 valence electrons. The molecular weight excluding hydrogens is 249 g/mol. The van der Waals surface area contributed by atoms with E-state index in [1.807, 2.05) is 13.0 Å². The zero-order chi connectivity index (χ0) is 8.43. The van der Waals surface area contributed by atoms with E-state index in [4.69, 9.17) is 23.2 Å². The standard InChI is InChI=1S/C7H6BrCl2N/c1-2-4-3-5(8)7(10)11-6(4)9/h3H,2H2,1H3. The van der Waals surface area contributed by atoms with Crippen LogP contribution >= 0.6 is 39.1 Å². The van der Waals surface area contributed by atoms with Gasteiger partial charge in [-0.15, -0.1) is 0 Å². The highest BCUT2D eigenvalue weighted by molar-refractivity contribution is 9.10. The van der Waals surface area contributed by atoms with Gasteiger partial charge < -0.3 is 0 Å². The second-order valence-electron chi connectivity index (χ2n) is 2.06. The first-order valence-corrected chi connectivity index (χ1v) is 4.70. The molecule has 0 aliphatic heterocycles. The lowest BCUT2D eigenvalue weighted by Gasteiger charge is -2.01. The Kier molecular flexibility index (Phi) is 3.16. The van der Waals surface area contributed by atoms with Gasteiger partial charge in [-0.25, -0.2) is 4.98 Å². The Morgan fingerprint density at radius 1 is 1.45 bits per heavy atom. The summed E-state index contributed by atoms with van der Waals surface area (Å²) >= 11 is 14.8. The molecule has 0 amide bonds. The van der Waals surface area contributed by atoms with E-state index >= 15 is 0 Å². The molecule has 1 aromatic rings. The number of nitrogens with zero attached hydrogens (tertiary/aromatic N) is 1. The molecule has 0 atom stereocenters. The zero-order valence-electron chi connectivity index (χ0n) is 5.87. The maximum Gasteiger partial charge on any atom is 0.144 e. The first kappa shape index (κ1) is 9.30. The van der Waals surface area contributed by atoms with E-state index < -0.39 is 0 Å². The van der Waals surface area contributed by atoms with Crippen molar-refractivity contribution in [3.8, 4) is 0 Å². The molecule has 1 aromatic heterocycles. The Balaban J connectivity index is 3.21. The van der Waals surface area contributed by atoms with Crippen LogP contribution in [-0.4, -0.2) is 4.98 Å². The van der Waals surface area contributed by atoms with Gasteiger partial charge in [-0.1, -0.05) is 30.1 Å². The Morgan fingerprint density at radius 3 is 2.64 bits per heavy atom. The maximum atomic E-state index is 5.79. The van der Waals surface area contributed by atoms with Crippen LogP contribution in [0, 0.1) is 0 Å². The minimum atomic E-state index is 0.409. The second-order valence-corrected chi connectivity index (χ2v) is 3.63. The molecule has 0 radical (unpaired) electrons. The highest BCUT2D eigenvalue weighted by Crippen LogP contribution is 2.25. The third-order valence-electron chi connectivity index (χ3n) is 1.34. The molecule has 1 heterocycles. The third kappa shape index (κ3) is 2.08. The normalized spacial score (nSPS) is 10.2. The van der Waals surface area contributed by atoms with E-state index in [9.17, 15) is 0 Å². The van der Waals surface area contributed by atoms with Gasteiger partial charge >= 0.3 is 0 Å². The van der Waals surface area contributed by atoms with Gasteiger partial charge in [-0.3, -0.25) is 0 Å². The minimum Gasteiger partial charge on any atom is -0.223 e. The van der Waals surface area contributed by atoms with E-state index in [0.717, 1.165) is 16.5 Å². The van der Waals surface area contributed by atoms with Crippen LogP contribution in [-0.2, 0) is 6.42 Å². The predicted octanol–water partition coefficient (Wildman–Crippen LogP) is 3.71. The lowest BCUT2D eigenvalue weighted by Crippen LogP contribution is -1.87. The van der Waals surface area contributed by atoms with Crippen molar-refractivity contribution >= 4 is 39.1 Å². The molecule has 0 N–H and O–H groups in total. The van der Waals surface area contributed by atoms with Gasteiger partial charge in [0.05, 0.1) is 4.47 Å². The molecule has 1 rings (SSSR count). The molecular formula is C7H6BrCl2N. The van der Waals surface area contributed by atoms with Crippen LogP contribution < -0.4 is 0 Å². The monoisotopic (exact) mass is 253 g/mol. The van der Waals surface area contributed by atoms with Gasteiger partial charge in [-0.05, 0) is 34.0 Å². The van der Waals surface area contributed by atoms with Crippen LogP contribution in [0.2, 0.25) is 10.3 Å². The molecule has 0 fully saturated rings. The summed E-state index contributed by atoms with van der Waals surface area (Å²) in [4.78, 5) is 3.93.